The molecule has 0 bridgehead atoms. The van der Waals surface area contributed by atoms with Crippen molar-refractivity contribution in [3.8, 4) is 0 Å². The summed E-state index contributed by atoms with van der Waals surface area (Å²) >= 11 is 0. The highest BCUT2D eigenvalue weighted by atomic mass is 16.4. The summed E-state index contributed by atoms with van der Waals surface area (Å²) in [6, 6.07) is 12.2. The van der Waals surface area contributed by atoms with E-state index in [1.54, 1.807) is 6.07 Å². The van der Waals surface area contributed by atoms with E-state index in [4.69, 9.17) is 0 Å². The number of carboxylic acid groups (broad SMARTS) is 1. The van der Waals surface area contributed by atoms with E-state index >= 15 is 0 Å². The second-order valence-corrected chi connectivity index (χ2v) is 9.97. The molecule has 5 nitrogen and oxygen atoms in total. The van der Waals surface area contributed by atoms with E-state index in [0.29, 0.717) is 18.4 Å². The number of carboxylic acids is 1. The highest BCUT2D eigenvalue weighted by molar-refractivity contribution is 5.98. The predicted molar refractivity (Wildman–Crippen MR) is 137 cm³/mol. The van der Waals surface area contributed by atoms with Gasteiger partial charge in [-0.2, -0.15) is 0 Å². The highest BCUT2D eigenvalue weighted by Gasteiger charge is 2.34. The number of aryl methyl sites for hydroxylation is 2. The molecular weight excluding hydrogens is 426 g/mol. The fourth-order valence-corrected chi connectivity index (χ4v) is 4.97. The fraction of sp³-hybridized carbons (Fsp3) is 0.517. The van der Waals surface area contributed by atoms with Crippen molar-refractivity contribution in [3.05, 3.63) is 69.8 Å². The summed E-state index contributed by atoms with van der Waals surface area (Å²) in [5.74, 6) is -1.48. The Bertz CT molecular complexity index is 1050. The molecule has 2 aromatic rings. The molecule has 0 heterocycles. The Morgan fingerprint density at radius 1 is 0.824 bits per heavy atom. The monoisotopic (exact) mass is 467 g/mol. The van der Waals surface area contributed by atoms with Crippen LogP contribution >= 0.6 is 0 Å². The van der Waals surface area contributed by atoms with Crippen molar-refractivity contribution >= 4 is 11.9 Å². The van der Waals surface area contributed by atoms with E-state index in [-0.39, 0.29) is 5.41 Å². The molecule has 0 atom stereocenters. The standard InChI is InChI=1S/C29H41NO4/c1-9-28(10-2,22-14-16-24(20(6)18-22)29(34,11-3)12-4)21-13-15-23(19(5)17-21)25(31)30-27(7,8)26(32)33/h13-18,34H,9-12H2,1-8H3,(H,30,31)(H,32,33). The van der Waals surface area contributed by atoms with E-state index < -0.39 is 23.0 Å². The first-order valence-electron chi connectivity index (χ1n) is 12.3. The van der Waals surface area contributed by atoms with Crippen LogP contribution < -0.4 is 5.32 Å². The van der Waals surface area contributed by atoms with Gasteiger partial charge in [0.15, 0.2) is 0 Å². The Balaban J connectivity index is 2.53. The molecule has 0 aromatic heterocycles. The number of aliphatic carboxylic acids is 1. The molecule has 0 fully saturated rings. The summed E-state index contributed by atoms with van der Waals surface area (Å²) < 4.78 is 0. The molecule has 0 saturated heterocycles. The molecular formula is C29H41NO4. The third-order valence-corrected chi connectivity index (χ3v) is 7.64. The molecule has 0 spiro atoms. The molecule has 0 aliphatic heterocycles. The van der Waals surface area contributed by atoms with Crippen LogP contribution in [0.25, 0.3) is 0 Å². The Labute approximate surface area is 204 Å². The zero-order valence-corrected chi connectivity index (χ0v) is 22.0. The van der Waals surface area contributed by atoms with Crippen molar-refractivity contribution in [2.24, 2.45) is 0 Å². The minimum absolute atomic E-state index is 0.236. The normalized spacial score (nSPS) is 12.5. The predicted octanol–water partition coefficient (Wildman–Crippen LogP) is 6.01. The van der Waals surface area contributed by atoms with Gasteiger partial charge >= 0.3 is 5.97 Å². The highest BCUT2D eigenvalue weighted by Crippen LogP contribution is 2.41. The minimum atomic E-state index is -1.35. The molecule has 0 radical (unpaired) electrons. The molecule has 34 heavy (non-hydrogen) atoms. The second-order valence-electron chi connectivity index (χ2n) is 9.97. The topological polar surface area (TPSA) is 86.6 Å². The lowest BCUT2D eigenvalue weighted by Crippen LogP contribution is -2.49. The van der Waals surface area contributed by atoms with Crippen molar-refractivity contribution in [1.82, 2.24) is 5.32 Å². The Hall–Kier alpha value is -2.66. The maximum Gasteiger partial charge on any atom is 0.328 e. The van der Waals surface area contributed by atoms with Gasteiger partial charge in [0.1, 0.15) is 5.54 Å². The first kappa shape index (κ1) is 27.6. The van der Waals surface area contributed by atoms with Crippen LogP contribution in [-0.4, -0.2) is 27.6 Å². The number of benzene rings is 2. The average molecular weight is 468 g/mol. The second kappa shape index (κ2) is 10.3. The maximum atomic E-state index is 12.8. The number of amides is 1. The Morgan fingerprint density at radius 3 is 1.74 bits per heavy atom. The number of nitrogens with one attached hydrogen (secondary N) is 1. The van der Waals surface area contributed by atoms with Crippen molar-refractivity contribution in [1.29, 1.82) is 0 Å². The smallest absolute Gasteiger partial charge is 0.328 e. The van der Waals surface area contributed by atoms with Gasteiger partial charge in [0.05, 0.1) is 5.60 Å². The molecule has 0 unspecified atom stereocenters. The van der Waals surface area contributed by atoms with Crippen LogP contribution in [0.4, 0.5) is 0 Å². The van der Waals surface area contributed by atoms with Gasteiger partial charge < -0.3 is 15.5 Å². The summed E-state index contributed by atoms with van der Waals surface area (Å²) in [4.78, 5) is 24.2. The lowest BCUT2D eigenvalue weighted by atomic mass is 9.69. The lowest BCUT2D eigenvalue weighted by Gasteiger charge is -2.35. The van der Waals surface area contributed by atoms with E-state index in [0.717, 1.165) is 35.1 Å². The molecule has 3 N–H and O–H groups in total. The quantitative estimate of drug-likeness (QED) is 0.399. The number of carbonyl (C=O) groups is 2. The third-order valence-electron chi connectivity index (χ3n) is 7.64. The van der Waals surface area contributed by atoms with E-state index in [2.05, 4.69) is 44.3 Å². The number of hydrogen-bond donors (Lipinski definition) is 3. The molecule has 5 heteroatoms. The summed E-state index contributed by atoms with van der Waals surface area (Å²) in [5.41, 5.74) is 3.25. The number of aliphatic hydroxyl groups is 1. The SMILES string of the molecule is CCC(O)(CC)c1ccc(C(CC)(CC)c2ccc(C(=O)NC(C)(C)C(=O)O)c(C)c2)cc1C. The molecule has 1 amide bonds. The number of carbonyl (C=O) groups excluding carboxylic acids is 1. The number of rotatable bonds is 10. The van der Waals surface area contributed by atoms with Gasteiger partial charge in [0.25, 0.3) is 5.91 Å². The van der Waals surface area contributed by atoms with Gasteiger partial charge in [-0.1, -0.05) is 58.0 Å². The van der Waals surface area contributed by atoms with Gasteiger partial charge in [-0.3, -0.25) is 4.79 Å². The van der Waals surface area contributed by atoms with Gasteiger partial charge in [-0.15, -0.1) is 0 Å². The van der Waals surface area contributed by atoms with Crippen LogP contribution in [0, 0.1) is 13.8 Å². The summed E-state index contributed by atoms with van der Waals surface area (Å²) in [5, 5.41) is 23.0. The summed E-state index contributed by atoms with van der Waals surface area (Å²) in [7, 11) is 0. The zero-order valence-electron chi connectivity index (χ0n) is 22.0. The van der Waals surface area contributed by atoms with Gasteiger partial charge in [-0.05, 0) is 87.3 Å². The van der Waals surface area contributed by atoms with E-state index in [1.807, 2.05) is 32.9 Å². The van der Waals surface area contributed by atoms with Crippen LogP contribution in [0.15, 0.2) is 36.4 Å². The molecule has 2 aromatic carbocycles. The van der Waals surface area contributed by atoms with Crippen molar-refractivity contribution in [2.45, 2.75) is 97.6 Å². The van der Waals surface area contributed by atoms with E-state index in [9.17, 15) is 19.8 Å². The number of hydrogen-bond acceptors (Lipinski definition) is 3. The molecule has 186 valence electrons. The zero-order chi connectivity index (χ0) is 25.9. The van der Waals surface area contributed by atoms with Gasteiger partial charge in [0.2, 0.25) is 0 Å². The van der Waals surface area contributed by atoms with Crippen LogP contribution in [0.5, 0.6) is 0 Å². The lowest BCUT2D eigenvalue weighted by molar-refractivity contribution is -0.143. The maximum absolute atomic E-state index is 12.8. The van der Waals surface area contributed by atoms with Crippen LogP contribution in [0.1, 0.15) is 105 Å². The van der Waals surface area contributed by atoms with E-state index in [1.165, 1.54) is 19.4 Å². The third kappa shape index (κ3) is 5.05. The molecule has 0 aliphatic carbocycles. The summed E-state index contributed by atoms with van der Waals surface area (Å²) in [6.07, 6.45) is 3.09. The average Bonchev–Trinajstić information content (AvgIpc) is 2.79. The van der Waals surface area contributed by atoms with Crippen LogP contribution in [-0.2, 0) is 15.8 Å². The van der Waals surface area contributed by atoms with Gasteiger partial charge in [-0.25, -0.2) is 4.79 Å². The molecule has 0 saturated carbocycles. The van der Waals surface area contributed by atoms with Crippen molar-refractivity contribution < 1.29 is 19.8 Å². The first-order valence-corrected chi connectivity index (χ1v) is 12.3. The summed E-state index contributed by atoms with van der Waals surface area (Å²) in [6.45, 7) is 15.3. The van der Waals surface area contributed by atoms with Crippen molar-refractivity contribution in [3.63, 3.8) is 0 Å². The first-order chi connectivity index (χ1) is 15.8. The Kier molecular flexibility index (Phi) is 8.36. The van der Waals surface area contributed by atoms with Gasteiger partial charge in [0, 0.05) is 11.0 Å². The van der Waals surface area contributed by atoms with Crippen molar-refractivity contribution in [2.75, 3.05) is 0 Å². The van der Waals surface area contributed by atoms with Crippen LogP contribution in [0.3, 0.4) is 0 Å². The molecule has 2 rings (SSSR count). The fourth-order valence-electron chi connectivity index (χ4n) is 4.97. The van der Waals surface area contributed by atoms with Crippen LogP contribution in [0.2, 0.25) is 0 Å². The largest absolute Gasteiger partial charge is 0.480 e. The minimum Gasteiger partial charge on any atom is -0.480 e. The molecule has 0 aliphatic rings. The Morgan fingerprint density at radius 2 is 1.32 bits per heavy atom.